The van der Waals surface area contributed by atoms with E-state index in [1.165, 1.54) is 22.1 Å². The van der Waals surface area contributed by atoms with E-state index in [1.54, 1.807) is 11.3 Å². The Labute approximate surface area is 111 Å². The smallest absolute Gasteiger partial charge is 0.0768 e. The zero-order valence-corrected chi connectivity index (χ0v) is 11.3. The van der Waals surface area contributed by atoms with Crippen molar-refractivity contribution in [2.75, 3.05) is 7.05 Å². The number of nitriles is 1. The fourth-order valence-corrected chi connectivity index (χ4v) is 3.96. The summed E-state index contributed by atoms with van der Waals surface area (Å²) in [5.41, 5.74) is 1.10. The topological polar surface area (TPSA) is 35.8 Å². The van der Waals surface area contributed by atoms with Crippen LogP contribution >= 0.6 is 11.3 Å². The summed E-state index contributed by atoms with van der Waals surface area (Å²) in [5, 5.41) is 16.4. The summed E-state index contributed by atoms with van der Waals surface area (Å²) in [7, 11) is 1.97. The van der Waals surface area contributed by atoms with Crippen LogP contribution in [0.25, 0.3) is 10.1 Å². The maximum atomic E-state index is 9.52. The lowest BCUT2D eigenvalue weighted by molar-refractivity contribution is 0.150. The van der Waals surface area contributed by atoms with Crippen LogP contribution in [0.1, 0.15) is 30.9 Å². The van der Waals surface area contributed by atoms with Gasteiger partial charge in [-0.2, -0.15) is 5.26 Å². The van der Waals surface area contributed by atoms with E-state index < -0.39 is 0 Å². The maximum Gasteiger partial charge on any atom is 0.0768 e. The van der Waals surface area contributed by atoms with Crippen LogP contribution < -0.4 is 5.32 Å². The van der Waals surface area contributed by atoms with Crippen molar-refractivity contribution in [1.82, 2.24) is 5.32 Å². The number of nitrogens with one attached hydrogen (secondary N) is 1. The van der Waals surface area contributed by atoms with Crippen LogP contribution in [0.15, 0.2) is 29.6 Å². The molecule has 1 aliphatic carbocycles. The molecule has 3 rings (SSSR count). The molecule has 1 unspecified atom stereocenters. The molecule has 1 heterocycles. The third-order valence-corrected chi connectivity index (χ3v) is 5.11. The van der Waals surface area contributed by atoms with E-state index in [2.05, 4.69) is 41.0 Å². The highest BCUT2D eigenvalue weighted by Crippen LogP contribution is 2.51. The minimum absolute atomic E-state index is 0.160. The molecule has 0 spiro atoms. The average Bonchev–Trinajstić information content (AvgIpc) is 2.77. The zero-order chi connectivity index (χ0) is 12.6. The lowest BCUT2D eigenvalue weighted by atomic mass is 9.63. The number of fused-ring (bicyclic) bond motifs is 1. The molecule has 1 N–H and O–H groups in total. The van der Waals surface area contributed by atoms with Crippen molar-refractivity contribution in [2.45, 2.75) is 25.3 Å². The van der Waals surface area contributed by atoms with E-state index in [4.69, 9.17) is 0 Å². The van der Waals surface area contributed by atoms with Crippen LogP contribution in [0.3, 0.4) is 0 Å². The van der Waals surface area contributed by atoms with Crippen LogP contribution in [-0.2, 0) is 0 Å². The number of rotatable bonds is 3. The molecule has 1 saturated carbocycles. The Balaban J connectivity index is 2.09. The molecular weight excluding hydrogens is 240 g/mol. The molecule has 0 amide bonds. The first-order chi connectivity index (χ1) is 8.80. The Morgan fingerprint density at radius 3 is 2.78 bits per heavy atom. The van der Waals surface area contributed by atoms with Crippen molar-refractivity contribution in [2.24, 2.45) is 5.41 Å². The van der Waals surface area contributed by atoms with E-state index in [1.807, 2.05) is 7.05 Å². The summed E-state index contributed by atoms with van der Waals surface area (Å²) >= 11 is 1.77. The first-order valence-corrected chi connectivity index (χ1v) is 7.23. The summed E-state index contributed by atoms with van der Waals surface area (Å²) in [6.45, 7) is 0. The molecule has 0 radical (unpaired) electrons. The van der Waals surface area contributed by atoms with Gasteiger partial charge in [0.05, 0.1) is 17.5 Å². The average molecular weight is 256 g/mol. The van der Waals surface area contributed by atoms with Gasteiger partial charge in [0.2, 0.25) is 0 Å². The molecule has 1 atom stereocenters. The number of nitrogens with zero attached hydrogens (tertiary/aromatic N) is 1. The van der Waals surface area contributed by atoms with Gasteiger partial charge in [-0.1, -0.05) is 24.6 Å². The Morgan fingerprint density at radius 2 is 2.17 bits per heavy atom. The number of hydrogen-bond donors (Lipinski definition) is 1. The molecule has 0 aliphatic heterocycles. The van der Waals surface area contributed by atoms with Crippen molar-refractivity contribution in [3.8, 4) is 6.07 Å². The summed E-state index contributed by atoms with van der Waals surface area (Å²) < 4.78 is 1.31. The lowest BCUT2D eigenvalue weighted by Crippen LogP contribution is -2.40. The van der Waals surface area contributed by atoms with Crippen LogP contribution in [0.5, 0.6) is 0 Å². The van der Waals surface area contributed by atoms with E-state index in [0.717, 1.165) is 12.8 Å². The molecule has 18 heavy (non-hydrogen) atoms. The van der Waals surface area contributed by atoms with Gasteiger partial charge in [-0.3, -0.25) is 0 Å². The predicted octanol–water partition coefficient (Wildman–Crippen LogP) is 3.86. The second-order valence-corrected chi connectivity index (χ2v) is 5.94. The van der Waals surface area contributed by atoms with Gasteiger partial charge in [0, 0.05) is 4.70 Å². The fraction of sp³-hybridized carbons (Fsp3) is 0.400. The SMILES string of the molecule is CNC(c1csc2ccccc12)C1(C#N)CCC1. The molecule has 0 saturated heterocycles. The zero-order valence-electron chi connectivity index (χ0n) is 10.4. The van der Waals surface area contributed by atoms with Crippen molar-refractivity contribution in [1.29, 1.82) is 5.26 Å². The van der Waals surface area contributed by atoms with Gasteiger partial charge in [0.25, 0.3) is 0 Å². The molecule has 3 heteroatoms. The third kappa shape index (κ3) is 1.57. The molecular formula is C15H16N2S. The van der Waals surface area contributed by atoms with Crippen molar-refractivity contribution in [3.63, 3.8) is 0 Å². The Hall–Kier alpha value is -1.37. The summed E-state index contributed by atoms with van der Waals surface area (Å²) in [4.78, 5) is 0. The van der Waals surface area contributed by atoms with Gasteiger partial charge in [-0.25, -0.2) is 0 Å². The highest BCUT2D eigenvalue weighted by Gasteiger charge is 2.45. The monoisotopic (exact) mass is 256 g/mol. The highest BCUT2D eigenvalue weighted by atomic mass is 32.1. The standard InChI is InChI=1S/C15H16N2S/c1-17-14(15(10-16)7-4-8-15)12-9-18-13-6-3-2-5-11(12)13/h2-3,5-6,9,14,17H,4,7-8H2,1H3. The van der Waals surface area contributed by atoms with Crippen molar-refractivity contribution >= 4 is 21.4 Å². The molecule has 92 valence electrons. The van der Waals surface area contributed by atoms with Gasteiger partial charge in [-0.05, 0) is 42.3 Å². The van der Waals surface area contributed by atoms with Gasteiger partial charge < -0.3 is 5.32 Å². The summed E-state index contributed by atoms with van der Waals surface area (Å²) in [6, 6.07) is 11.2. The Kier molecular flexibility index (Phi) is 2.85. The van der Waals surface area contributed by atoms with Gasteiger partial charge in [0.1, 0.15) is 0 Å². The first-order valence-electron chi connectivity index (χ1n) is 6.35. The summed E-state index contributed by atoms with van der Waals surface area (Å²) in [5.74, 6) is 0. The number of thiophene rings is 1. The minimum Gasteiger partial charge on any atom is -0.312 e. The quantitative estimate of drug-likeness (QED) is 0.905. The molecule has 0 bridgehead atoms. The van der Waals surface area contributed by atoms with Gasteiger partial charge >= 0.3 is 0 Å². The maximum absolute atomic E-state index is 9.52. The number of benzene rings is 1. The van der Waals surface area contributed by atoms with E-state index >= 15 is 0 Å². The molecule has 1 aliphatic rings. The molecule has 1 aromatic carbocycles. The normalized spacial score (nSPS) is 19.1. The fourth-order valence-electron chi connectivity index (χ4n) is 2.97. The highest BCUT2D eigenvalue weighted by molar-refractivity contribution is 7.17. The Bertz CT molecular complexity index is 604. The number of hydrogen-bond acceptors (Lipinski definition) is 3. The molecule has 1 fully saturated rings. The Morgan fingerprint density at radius 1 is 1.39 bits per heavy atom. The second kappa shape index (κ2) is 4.38. The predicted molar refractivity (Wildman–Crippen MR) is 75.5 cm³/mol. The van der Waals surface area contributed by atoms with E-state index in [0.29, 0.717) is 0 Å². The largest absolute Gasteiger partial charge is 0.312 e. The minimum atomic E-state index is -0.196. The van der Waals surface area contributed by atoms with E-state index in [-0.39, 0.29) is 11.5 Å². The third-order valence-electron chi connectivity index (χ3n) is 4.13. The van der Waals surface area contributed by atoms with Crippen LogP contribution in [0, 0.1) is 16.7 Å². The molecule has 2 nitrogen and oxygen atoms in total. The van der Waals surface area contributed by atoms with Crippen molar-refractivity contribution in [3.05, 3.63) is 35.2 Å². The van der Waals surface area contributed by atoms with Gasteiger partial charge in [-0.15, -0.1) is 11.3 Å². The molecule has 1 aromatic heterocycles. The molecule has 2 aromatic rings. The lowest BCUT2D eigenvalue weighted by Gasteiger charge is -2.42. The van der Waals surface area contributed by atoms with Gasteiger partial charge in [0.15, 0.2) is 0 Å². The van der Waals surface area contributed by atoms with Crippen molar-refractivity contribution < 1.29 is 0 Å². The van der Waals surface area contributed by atoms with E-state index in [9.17, 15) is 5.26 Å². The van der Waals surface area contributed by atoms with Crippen LogP contribution in [0.4, 0.5) is 0 Å². The summed E-state index contributed by atoms with van der Waals surface area (Å²) in [6.07, 6.45) is 3.20. The first kappa shape index (κ1) is 11.7. The van der Waals surface area contributed by atoms with Crippen LogP contribution in [0.2, 0.25) is 0 Å². The second-order valence-electron chi connectivity index (χ2n) is 5.03. The van der Waals surface area contributed by atoms with Crippen LogP contribution in [-0.4, -0.2) is 7.05 Å².